The van der Waals surface area contributed by atoms with Crippen molar-refractivity contribution in [3.8, 4) is 0 Å². The van der Waals surface area contributed by atoms with E-state index in [9.17, 15) is 9.59 Å². The number of hydrogen-bond donors (Lipinski definition) is 1. The van der Waals surface area contributed by atoms with E-state index in [1.165, 1.54) is 11.8 Å². The molecular weight excluding hydrogens is 390 g/mol. The molecule has 1 atom stereocenters. The third-order valence-electron chi connectivity index (χ3n) is 3.43. The van der Waals surface area contributed by atoms with E-state index in [4.69, 9.17) is 0 Å². The summed E-state index contributed by atoms with van der Waals surface area (Å²) in [6.45, 7) is 8.97. The fraction of sp³-hybridized carbons (Fsp3) is 0.471. The van der Waals surface area contributed by atoms with Gasteiger partial charge in [0.25, 0.3) is 5.56 Å². The fourth-order valence-electron chi connectivity index (χ4n) is 2.32. The first kappa shape index (κ1) is 19.0. The molecule has 0 spiro atoms. The predicted octanol–water partition coefficient (Wildman–Crippen LogP) is 3.43. The summed E-state index contributed by atoms with van der Waals surface area (Å²) in [4.78, 5) is 29.6. The second-order valence-electron chi connectivity index (χ2n) is 6.02. The van der Waals surface area contributed by atoms with Crippen LogP contribution in [0.4, 0.5) is 0 Å². The summed E-state index contributed by atoms with van der Waals surface area (Å²) in [6.07, 6.45) is 0. The first-order valence-corrected chi connectivity index (χ1v) is 9.65. The van der Waals surface area contributed by atoms with Crippen LogP contribution in [0.2, 0.25) is 0 Å². The molecule has 5 nitrogen and oxygen atoms in total. The van der Waals surface area contributed by atoms with Gasteiger partial charge in [0.15, 0.2) is 5.16 Å². The molecule has 2 aromatic rings. The minimum atomic E-state index is -0.317. The standard InChI is InChI=1S/C17H22BrN3O2S/c1-5-19-15(22)11(4)24-17-20-14-7-6-12(18)8-13(14)16(23)21(17)9-10(2)3/h6-8,10-11H,5,9H2,1-4H3,(H,19,22)/t11-/m1/s1. The van der Waals surface area contributed by atoms with Crippen LogP contribution >= 0.6 is 27.7 Å². The first-order valence-electron chi connectivity index (χ1n) is 7.98. The number of benzene rings is 1. The Morgan fingerprint density at radius 3 is 2.71 bits per heavy atom. The van der Waals surface area contributed by atoms with Crippen molar-refractivity contribution in [1.82, 2.24) is 14.9 Å². The van der Waals surface area contributed by atoms with Gasteiger partial charge in [-0.1, -0.05) is 41.5 Å². The number of halogens is 1. The van der Waals surface area contributed by atoms with Gasteiger partial charge in [-0.25, -0.2) is 4.98 Å². The van der Waals surface area contributed by atoms with Gasteiger partial charge in [0, 0.05) is 17.6 Å². The lowest BCUT2D eigenvalue weighted by atomic mass is 10.2. The van der Waals surface area contributed by atoms with E-state index < -0.39 is 0 Å². The van der Waals surface area contributed by atoms with E-state index in [1.54, 1.807) is 10.6 Å². The molecule has 0 aliphatic rings. The Kier molecular flexibility index (Phi) is 6.46. The maximum absolute atomic E-state index is 12.9. The molecule has 1 N–H and O–H groups in total. The van der Waals surface area contributed by atoms with E-state index in [2.05, 4.69) is 40.1 Å². The Hall–Kier alpha value is -1.34. The predicted molar refractivity (Wildman–Crippen MR) is 103 cm³/mol. The van der Waals surface area contributed by atoms with Gasteiger partial charge in [-0.2, -0.15) is 0 Å². The zero-order valence-electron chi connectivity index (χ0n) is 14.3. The molecule has 0 aliphatic heterocycles. The maximum Gasteiger partial charge on any atom is 0.262 e. The molecule has 0 radical (unpaired) electrons. The molecule has 1 aromatic heterocycles. The van der Waals surface area contributed by atoms with Crippen molar-refractivity contribution in [3.05, 3.63) is 33.0 Å². The van der Waals surface area contributed by atoms with Crippen molar-refractivity contribution in [3.63, 3.8) is 0 Å². The van der Waals surface area contributed by atoms with Crippen LogP contribution < -0.4 is 10.9 Å². The SMILES string of the molecule is CCNC(=O)[C@@H](C)Sc1nc2ccc(Br)cc2c(=O)n1CC(C)C. The van der Waals surface area contributed by atoms with Gasteiger partial charge in [-0.3, -0.25) is 14.2 Å². The van der Waals surface area contributed by atoms with Crippen LogP contribution in [0.25, 0.3) is 10.9 Å². The third kappa shape index (κ3) is 4.39. The molecule has 0 fully saturated rings. The Balaban J connectivity index is 2.52. The monoisotopic (exact) mass is 411 g/mol. The van der Waals surface area contributed by atoms with Gasteiger partial charge in [0.2, 0.25) is 5.91 Å². The highest BCUT2D eigenvalue weighted by molar-refractivity contribution is 9.10. The zero-order valence-corrected chi connectivity index (χ0v) is 16.7. The van der Waals surface area contributed by atoms with Gasteiger partial charge < -0.3 is 5.32 Å². The number of nitrogens with one attached hydrogen (secondary N) is 1. The summed E-state index contributed by atoms with van der Waals surface area (Å²) in [5.41, 5.74) is 0.578. The number of nitrogens with zero attached hydrogens (tertiary/aromatic N) is 2. The van der Waals surface area contributed by atoms with Gasteiger partial charge >= 0.3 is 0 Å². The van der Waals surface area contributed by atoms with Crippen LogP contribution in [0.5, 0.6) is 0 Å². The summed E-state index contributed by atoms with van der Waals surface area (Å²) >= 11 is 4.72. The number of amides is 1. The molecule has 2 rings (SSSR count). The molecule has 7 heteroatoms. The quantitative estimate of drug-likeness (QED) is 0.583. The molecule has 0 saturated heterocycles. The lowest BCUT2D eigenvalue weighted by Crippen LogP contribution is -2.32. The number of hydrogen-bond acceptors (Lipinski definition) is 4. The minimum absolute atomic E-state index is 0.0521. The molecule has 0 saturated carbocycles. The van der Waals surface area contributed by atoms with Crippen LogP contribution in [0, 0.1) is 5.92 Å². The second kappa shape index (κ2) is 8.16. The summed E-state index contributed by atoms with van der Waals surface area (Å²) in [7, 11) is 0. The average Bonchev–Trinajstić information content (AvgIpc) is 2.51. The Bertz CT molecular complexity index is 804. The molecule has 1 heterocycles. The van der Waals surface area contributed by atoms with Crippen LogP contribution in [-0.2, 0) is 11.3 Å². The maximum atomic E-state index is 12.9. The van der Waals surface area contributed by atoms with E-state index in [1.807, 2.05) is 26.0 Å². The van der Waals surface area contributed by atoms with Crippen molar-refractivity contribution in [2.75, 3.05) is 6.54 Å². The van der Waals surface area contributed by atoms with Crippen molar-refractivity contribution >= 4 is 44.5 Å². The topological polar surface area (TPSA) is 64.0 Å². The molecule has 1 aromatic carbocycles. The van der Waals surface area contributed by atoms with Gasteiger partial charge in [-0.05, 0) is 38.0 Å². The van der Waals surface area contributed by atoms with Gasteiger partial charge in [0.05, 0.1) is 16.2 Å². The normalized spacial score (nSPS) is 12.6. The second-order valence-corrected chi connectivity index (χ2v) is 8.24. The summed E-state index contributed by atoms with van der Waals surface area (Å²) in [5.74, 6) is 0.247. The fourth-order valence-corrected chi connectivity index (χ4v) is 3.62. The highest BCUT2D eigenvalue weighted by atomic mass is 79.9. The number of carbonyl (C=O) groups is 1. The van der Waals surface area contributed by atoms with Crippen LogP contribution in [-0.4, -0.2) is 27.3 Å². The van der Waals surface area contributed by atoms with Crippen molar-refractivity contribution in [1.29, 1.82) is 0 Å². The number of rotatable bonds is 6. The van der Waals surface area contributed by atoms with Crippen LogP contribution in [0.1, 0.15) is 27.7 Å². The molecule has 0 bridgehead atoms. The number of thioether (sulfide) groups is 1. The first-order chi connectivity index (χ1) is 11.3. The van der Waals surface area contributed by atoms with Crippen molar-refractivity contribution < 1.29 is 4.79 Å². The van der Waals surface area contributed by atoms with E-state index in [0.29, 0.717) is 35.1 Å². The van der Waals surface area contributed by atoms with Crippen molar-refractivity contribution in [2.45, 2.75) is 44.6 Å². The number of aromatic nitrogens is 2. The largest absolute Gasteiger partial charge is 0.355 e. The molecule has 0 unspecified atom stereocenters. The summed E-state index contributed by atoms with van der Waals surface area (Å²) < 4.78 is 2.53. The molecule has 0 aliphatic carbocycles. The highest BCUT2D eigenvalue weighted by Crippen LogP contribution is 2.24. The number of fused-ring (bicyclic) bond motifs is 1. The third-order valence-corrected chi connectivity index (χ3v) is 5.01. The average molecular weight is 412 g/mol. The van der Waals surface area contributed by atoms with Gasteiger partial charge in [-0.15, -0.1) is 0 Å². The van der Waals surface area contributed by atoms with Crippen LogP contribution in [0.3, 0.4) is 0 Å². The lowest BCUT2D eigenvalue weighted by Gasteiger charge is -2.17. The Morgan fingerprint density at radius 2 is 2.08 bits per heavy atom. The lowest BCUT2D eigenvalue weighted by molar-refractivity contribution is -0.120. The Morgan fingerprint density at radius 1 is 1.38 bits per heavy atom. The summed E-state index contributed by atoms with van der Waals surface area (Å²) in [6, 6.07) is 5.48. The van der Waals surface area contributed by atoms with E-state index >= 15 is 0 Å². The highest BCUT2D eigenvalue weighted by Gasteiger charge is 2.19. The molecule has 24 heavy (non-hydrogen) atoms. The van der Waals surface area contributed by atoms with Gasteiger partial charge in [0.1, 0.15) is 0 Å². The van der Waals surface area contributed by atoms with E-state index in [0.717, 1.165) is 4.47 Å². The molecular formula is C17H22BrN3O2S. The van der Waals surface area contributed by atoms with E-state index in [-0.39, 0.29) is 16.7 Å². The Labute approximate surface area is 154 Å². The molecule has 130 valence electrons. The number of carbonyl (C=O) groups excluding carboxylic acids is 1. The smallest absolute Gasteiger partial charge is 0.262 e. The molecule has 1 amide bonds. The summed E-state index contributed by atoms with van der Waals surface area (Å²) in [5, 5.41) is 3.66. The minimum Gasteiger partial charge on any atom is -0.355 e. The van der Waals surface area contributed by atoms with Crippen LogP contribution in [0.15, 0.2) is 32.6 Å². The van der Waals surface area contributed by atoms with Crippen molar-refractivity contribution in [2.24, 2.45) is 5.92 Å². The zero-order chi connectivity index (χ0) is 17.9.